The minimum atomic E-state index is -4.84. The zero-order valence-electron chi connectivity index (χ0n) is 15.2. The van der Waals surface area contributed by atoms with Crippen molar-refractivity contribution < 1.29 is 18.0 Å². The van der Waals surface area contributed by atoms with Crippen molar-refractivity contribution in [2.75, 3.05) is 5.32 Å². The number of alkyl halides is 3. The van der Waals surface area contributed by atoms with Crippen LogP contribution < -0.4 is 5.32 Å². The van der Waals surface area contributed by atoms with Gasteiger partial charge in [-0.25, -0.2) is 4.68 Å². The van der Waals surface area contributed by atoms with E-state index in [1.54, 1.807) is 36.4 Å². The van der Waals surface area contributed by atoms with Crippen LogP contribution in [0, 0.1) is 11.3 Å². The van der Waals surface area contributed by atoms with Crippen molar-refractivity contribution >= 4 is 22.4 Å². The van der Waals surface area contributed by atoms with Crippen LogP contribution in [0.4, 0.5) is 18.9 Å². The van der Waals surface area contributed by atoms with Crippen molar-refractivity contribution in [3.63, 3.8) is 0 Å². The Balaban J connectivity index is 1.82. The molecule has 1 N–H and O–H groups in total. The molecule has 0 radical (unpaired) electrons. The summed E-state index contributed by atoms with van der Waals surface area (Å²) in [6.45, 7) is 0. The van der Waals surface area contributed by atoms with Gasteiger partial charge in [-0.15, -0.1) is 0 Å². The summed E-state index contributed by atoms with van der Waals surface area (Å²) in [7, 11) is 0. The number of benzene rings is 2. The van der Waals surface area contributed by atoms with Crippen molar-refractivity contribution in [1.29, 1.82) is 5.26 Å². The van der Waals surface area contributed by atoms with Gasteiger partial charge in [0.1, 0.15) is 6.07 Å². The van der Waals surface area contributed by atoms with E-state index in [-0.39, 0.29) is 16.9 Å². The summed E-state index contributed by atoms with van der Waals surface area (Å²) in [6.07, 6.45) is -1.45. The van der Waals surface area contributed by atoms with Crippen LogP contribution in [0.3, 0.4) is 0 Å². The van der Waals surface area contributed by atoms with Crippen molar-refractivity contribution in [2.24, 2.45) is 0 Å². The summed E-state index contributed by atoms with van der Waals surface area (Å²) in [5.74, 6) is -1.01. The fourth-order valence-corrected chi connectivity index (χ4v) is 3.13. The van der Waals surface area contributed by atoms with E-state index in [1.165, 1.54) is 24.5 Å². The molecule has 0 unspecified atom stereocenters. The molecule has 0 bridgehead atoms. The average molecular weight is 407 g/mol. The summed E-state index contributed by atoms with van der Waals surface area (Å²) in [6, 6.07) is 15.0. The minimum Gasteiger partial charge on any atom is -0.320 e. The number of rotatable bonds is 3. The van der Waals surface area contributed by atoms with Crippen molar-refractivity contribution in [2.45, 2.75) is 6.18 Å². The molecular weight excluding hydrogens is 395 g/mol. The third kappa shape index (κ3) is 3.46. The van der Waals surface area contributed by atoms with Gasteiger partial charge in [-0.2, -0.15) is 23.5 Å². The first-order valence-corrected chi connectivity index (χ1v) is 8.68. The SMILES string of the molecule is N#Cc1cncc(NC(=O)c2cnn(-c3cccc4ccccc34)c2C(F)(F)F)c1. The molecule has 4 rings (SSSR count). The molecule has 0 spiro atoms. The topological polar surface area (TPSA) is 83.6 Å². The standard InChI is InChI=1S/C21H12F3N5O/c22-21(23,24)19-17(20(30)28-15-8-13(9-25)10-26-11-15)12-27-29(19)18-7-3-5-14-4-1-2-6-16(14)18/h1-8,10-12H,(H,28,30). The molecule has 1 amide bonds. The fraction of sp³-hybridized carbons (Fsp3) is 0.0476. The van der Waals surface area contributed by atoms with Crippen LogP contribution in [0.25, 0.3) is 16.5 Å². The van der Waals surface area contributed by atoms with Gasteiger partial charge in [-0.05, 0) is 17.5 Å². The Morgan fingerprint density at radius 2 is 1.83 bits per heavy atom. The lowest BCUT2D eigenvalue weighted by molar-refractivity contribution is -0.143. The van der Waals surface area contributed by atoms with Crippen molar-refractivity contribution in [3.8, 4) is 11.8 Å². The van der Waals surface area contributed by atoms with Gasteiger partial charge in [0.2, 0.25) is 0 Å². The number of amides is 1. The van der Waals surface area contributed by atoms with E-state index in [1.807, 2.05) is 6.07 Å². The third-order valence-electron chi connectivity index (χ3n) is 4.40. The second kappa shape index (κ2) is 7.33. The van der Waals surface area contributed by atoms with Crippen LogP contribution >= 0.6 is 0 Å². The van der Waals surface area contributed by atoms with Gasteiger partial charge >= 0.3 is 6.18 Å². The first-order valence-electron chi connectivity index (χ1n) is 8.68. The fourth-order valence-electron chi connectivity index (χ4n) is 3.13. The summed E-state index contributed by atoms with van der Waals surface area (Å²) in [5, 5.41) is 16.4. The summed E-state index contributed by atoms with van der Waals surface area (Å²) < 4.78 is 42.6. The number of hydrogen-bond acceptors (Lipinski definition) is 4. The number of nitrogens with zero attached hydrogens (tertiary/aromatic N) is 4. The van der Waals surface area contributed by atoms with Crippen LogP contribution in [0.1, 0.15) is 21.6 Å². The van der Waals surface area contributed by atoms with E-state index in [0.717, 1.165) is 16.3 Å². The van der Waals surface area contributed by atoms with Crippen LogP contribution in [0.15, 0.2) is 67.1 Å². The minimum absolute atomic E-state index is 0.102. The molecule has 0 aliphatic rings. The highest BCUT2D eigenvalue weighted by Crippen LogP contribution is 2.35. The smallest absolute Gasteiger partial charge is 0.320 e. The molecule has 6 nitrogen and oxygen atoms in total. The molecule has 4 aromatic rings. The second-order valence-corrected chi connectivity index (χ2v) is 6.34. The number of carbonyl (C=O) groups excluding carboxylic acids is 1. The summed E-state index contributed by atoms with van der Waals surface area (Å²) in [4.78, 5) is 16.4. The predicted molar refractivity (Wildman–Crippen MR) is 103 cm³/mol. The highest BCUT2D eigenvalue weighted by Gasteiger charge is 2.40. The summed E-state index contributed by atoms with van der Waals surface area (Å²) in [5.41, 5.74) is -1.37. The molecule has 9 heteroatoms. The molecule has 0 aliphatic carbocycles. The number of pyridine rings is 1. The van der Waals surface area contributed by atoms with Gasteiger partial charge in [0, 0.05) is 11.6 Å². The maximum absolute atomic E-state index is 13.9. The quantitative estimate of drug-likeness (QED) is 0.540. The van der Waals surface area contributed by atoms with Gasteiger partial charge in [0.05, 0.1) is 34.9 Å². The summed E-state index contributed by atoms with van der Waals surface area (Å²) >= 11 is 0. The van der Waals surface area contributed by atoms with Gasteiger partial charge in [-0.1, -0.05) is 36.4 Å². The van der Waals surface area contributed by atoms with Gasteiger partial charge in [-0.3, -0.25) is 9.78 Å². The molecule has 0 saturated carbocycles. The Labute approximate surface area is 168 Å². The maximum Gasteiger partial charge on any atom is 0.434 e. The first-order chi connectivity index (χ1) is 14.4. The number of hydrogen-bond donors (Lipinski definition) is 1. The van der Waals surface area contributed by atoms with Crippen LogP contribution in [-0.4, -0.2) is 20.7 Å². The van der Waals surface area contributed by atoms with Crippen LogP contribution in [0.2, 0.25) is 0 Å². The molecule has 2 aromatic heterocycles. The highest BCUT2D eigenvalue weighted by molar-refractivity contribution is 6.05. The van der Waals surface area contributed by atoms with Gasteiger partial charge in [0.25, 0.3) is 5.91 Å². The Morgan fingerprint density at radius 3 is 2.60 bits per heavy atom. The van der Waals surface area contributed by atoms with Crippen molar-refractivity contribution in [1.82, 2.24) is 14.8 Å². The lowest BCUT2D eigenvalue weighted by Gasteiger charge is -2.14. The number of carbonyl (C=O) groups is 1. The van der Waals surface area contributed by atoms with Crippen LogP contribution in [-0.2, 0) is 6.18 Å². The number of nitrogens with one attached hydrogen (secondary N) is 1. The number of nitriles is 1. The number of aromatic nitrogens is 3. The van der Waals surface area contributed by atoms with Crippen molar-refractivity contribution in [3.05, 3.63) is 83.9 Å². The van der Waals surface area contributed by atoms with E-state index in [0.29, 0.717) is 5.39 Å². The van der Waals surface area contributed by atoms with Crippen LogP contribution in [0.5, 0.6) is 0 Å². The predicted octanol–water partition coefficient (Wildman–Crippen LogP) is 4.56. The number of halogens is 3. The molecule has 2 aromatic carbocycles. The normalized spacial score (nSPS) is 11.3. The Morgan fingerprint density at radius 1 is 1.07 bits per heavy atom. The van der Waals surface area contributed by atoms with E-state index in [4.69, 9.17) is 5.26 Å². The Kier molecular flexibility index (Phi) is 4.68. The van der Waals surface area contributed by atoms with E-state index >= 15 is 0 Å². The zero-order chi connectivity index (χ0) is 21.3. The van der Waals surface area contributed by atoms with E-state index < -0.39 is 23.3 Å². The lowest BCUT2D eigenvalue weighted by Crippen LogP contribution is -2.21. The average Bonchev–Trinajstić information content (AvgIpc) is 3.19. The molecule has 148 valence electrons. The second-order valence-electron chi connectivity index (χ2n) is 6.34. The number of anilines is 1. The molecule has 2 heterocycles. The largest absolute Gasteiger partial charge is 0.434 e. The number of fused-ring (bicyclic) bond motifs is 1. The molecule has 0 saturated heterocycles. The third-order valence-corrected chi connectivity index (χ3v) is 4.40. The van der Waals surface area contributed by atoms with E-state index in [2.05, 4.69) is 15.4 Å². The molecular formula is C21H12F3N5O. The maximum atomic E-state index is 13.9. The first kappa shape index (κ1) is 19.1. The van der Waals surface area contributed by atoms with E-state index in [9.17, 15) is 18.0 Å². The molecule has 0 fully saturated rings. The molecule has 0 aliphatic heterocycles. The highest BCUT2D eigenvalue weighted by atomic mass is 19.4. The van der Waals surface area contributed by atoms with Gasteiger partial charge < -0.3 is 5.32 Å². The zero-order valence-corrected chi connectivity index (χ0v) is 15.2. The lowest BCUT2D eigenvalue weighted by atomic mass is 10.1. The molecule has 0 atom stereocenters. The Hall–Kier alpha value is -4.19. The van der Waals surface area contributed by atoms with Gasteiger partial charge in [0.15, 0.2) is 5.69 Å². The molecule has 30 heavy (non-hydrogen) atoms. The Bertz CT molecular complexity index is 1300. The monoisotopic (exact) mass is 407 g/mol.